The largest absolute Gasteiger partial charge is 0.450 e. The topological polar surface area (TPSA) is 80.3 Å². The van der Waals surface area contributed by atoms with Gasteiger partial charge in [-0.3, -0.25) is 10.1 Å². The summed E-state index contributed by atoms with van der Waals surface area (Å²) in [6.45, 7) is 5.99. The quantitative estimate of drug-likeness (QED) is 0.877. The first-order chi connectivity index (χ1) is 11.0. The summed E-state index contributed by atoms with van der Waals surface area (Å²) in [4.78, 5) is 27.6. The smallest absolute Gasteiger partial charge is 0.413 e. The third-order valence-corrected chi connectivity index (χ3v) is 4.06. The van der Waals surface area contributed by atoms with Gasteiger partial charge in [0.15, 0.2) is 5.13 Å². The zero-order valence-corrected chi connectivity index (χ0v) is 14.1. The number of rotatable bonds is 5. The van der Waals surface area contributed by atoms with Crippen molar-refractivity contribution in [3.05, 3.63) is 40.4 Å². The molecule has 23 heavy (non-hydrogen) atoms. The van der Waals surface area contributed by atoms with Crippen LogP contribution in [0.1, 0.15) is 23.7 Å². The number of nitrogens with one attached hydrogen (secondary N) is 2. The van der Waals surface area contributed by atoms with Gasteiger partial charge in [0, 0.05) is 11.1 Å². The Hall–Kier alpha value is -2.41. The lowest BCUT2D eigenvalue weighted by atomic mass is 10.1. The first kappa shape index (κ1) is 17.0. The van der Waals surface area contributed by atoms with Crippen molar-refractivity contribution in [2.24, 2.45) is 0 Å². The van der Waals surface area contributed by atoms with Gasteiger partial charge in [0.25, 0.3) is 0 Å². The number of hydrogen-bond acceptors (Lipinski definition) is 5. The number of amides is 2. The van der Waals surface area contributed by atoms with Crippen molar-refractivity contribution in [3.63, 3.8) is 0 Å². The minimum absolute atomic E-state index is 0.147. The van der Waals surface area contributed by atoms with Crippen LogP contribution in [0.25, 0.3) is 0 Å². The van der Waals surface area contributed by atoms with Gasteiger partial charge in [0.2, 0.25) is 5.91 Å². The van der Waals surface area contributed by atoms with Crippen LogP contribution in [0.5, 0.6) is 0 Å². The van der Waals surface area contributed by atoms with Crippen LogP contribution in [0.15, 0.2) is 23.6 Å². The lowest BCUT2D eigenvalue weighted by Crippen LogP contribution is -2.16. The molecule has 1 heterocycles. The van der Waals surface area contributed by atoms with Crippen molar-refractivity contribution in [1.29, 1.82) is 0 Å². The Morgan fingerprint density at radius 2 is 2.04 bits per heavy atom. The van der Waals surface area contributed by atoms with Crippen LogP contribution in [0, 0.1) is 13.8 Å². The van der Waals surface area contributed by atoms with Crippen molar-refractivity contribution >= 4 is 34.2 Å². The highest BCUT2D eigenvalue weighted by molar-refractivity contribution is 7.13. The van der Waals surface area contributed by atoms with E-state index in [4.69, 9.17) is 4.74 Å². The van der Waals surface area contributed by atoms with Gasteiger partial charge in [-0.1, -0.05) is 12.1 Å². The van der Waals surface area contributed by atoms with E-state index in [-0.39, 0.29) is 12.3 Å². The van der Waals surface area contributed by atoms with E-state index in [2.05, 4.69) is 15.6 Å². The summed E-state index contributed by atoms with van der Waals surface area (Å²) < 4.78 is 4.78. The second-order valence-corrected chi connectivity index (χ2v) is 5.82. The van der Waals surface area contributed by atoms with E-state index in [1.165, 1.54) is 11.3 Å². The molecule has 1 aromatic heterocycles. The lowest BCUT2D eigenvalue weighted by molar-refractivity contribution is -0.115. The fourth-order valence-electron chi connectivity index (χ4n) is 1.95. The molecule has 7 heteroatoms. The molecule has 2 amide bonds. The van der Waals surface area contributed by atoms with Gasteiger partial charge in [-0.25, -0.2) is 9.78 Å². The van der Waals surface area contributed by atoms with Gasteiger partial charge in [-0.15, -0.1) is 11.3 Å². The summed E-state index contributed by atoms with van der Waals surface area (Å²) in [6, 6.07) is 5.77. The summed E-state index contributed by atoms with van der Waals surface area (Å²) in [6.07, 6.45) is -0.401. The monoisotopic (exact) mass is 333 g/mol. The van der Waals surface area contributed by atoms with Crippen LogP contribution in [0.3, 0.4) is 0 Å². The molecule has 0 radical (unpaired) electrons. The van der Waals surface area contributed by atoms with Crippen molar-refractivity contribution in [2.45, 2.75) is 27.2 Å². The Kier molecular flexibility index (Phi) is 5.70. The molecule has 0 fully saturated rings. The summed E-state index contributed by atoms with van der Waals surface area (Å²) in [5, 5.41) is 7.56. The van der Waals surface area contributed by atoms with E-state index in [1.807, 2.05) is 32.0 Å². The molecule has 0 aliphatic carbocycles. The number of nitrogens with zero attached hydrogens (tertiary/aromatic N) is 1. The Balaban J connectivity index is 1.94. The number of aromatic nitrogens is 1. The van der Waals surface area contributed by atoms with Crippen LogP contribution in [0.4, 0.5) is 15.6 Å². The number of ether oxygens (including phenoxy) is 1. The SMILES string of the molecule is CCOC(=O)Nc1nc(CC(=O)Nc2cccc(C)c2C)cs1. The molecule has 0 saturated carbocycles. The highest BCUT2D eigenvalue weighted by atomic mass is 32.1. The van der Waals surface area contributed by atoms with E-state index in [1.54, 1.807) is 12.3 Å². The van der Waals surface area contributed by atoms with Crippen LogP contribution in [0.2, 0.25) is 0 Å². The molecule has 0 spiro atoms. The van der Waals surface area contributed by atoms with Crippen molar-refractivity contribution in [2.75, 3.05) is 17.2 Å². The maximum atomic E-state index is 12.1. The normalized spacial score (nSPS) is 10.2. The maximum Gasteiger partial charge on any atom is 0.413 e. The number of thiazole rings is 1. The standard InChI is InChI=1S/C16H19N3O3S/c1-4-22-16(21)19-15-17-12(9-23-15)8-14(20)18-13-7-5-6-10(2)11(13)3/h5-7,9H,4,8H2,1-3H3,(H,18,20)(H,17,19,21). The Morgan fingerprint density at radius 3 is 2.78 bits per heavy atom. The predicted molar refractivity (Wildman–Crippen MR) is 91.0 cm³/mol. The van der Waals surface area contributed by atoms with Crippen LogP contribution < -0.4 is 10.6 Å². The number of benzene rings is 1. The average Bonchev–Trinajstić information content (AvgIpc) is 2.91. The molecule has 0 saturated heterocycles. The molecular weight excluding hydrogens is 314 g/mol. The second kappa shape index (κ2) is 7.73. The van der Waals surface area contributed by atoms with Crippen molar-refractivity contribution in [3.8, 4) is 0 Å². The van der Waals surface area contributed by atoms with E-state index in [0.717, 1.165) is 16.8 Å². The molecule has 0 aliphatic heterocycles. The number of aryl methyl sites for hydroxylation is 1. The minimum atomic E-state index is -0.548. The molecule has 2 N–H and O–H groups in total. The number of hydrogen-bond donors (Lipinski definition) is 2. The van der Waals surface area contributed by atoms with E-state index in [0.29, 0.717) is 17.4 Å². The third-order valence-electron chi connectivity index (χ3n) is 3.26. The molecule has 122 valence electrons. The number of anilines is 2. The van der Waals surface area contributed by atoms with E-state index >= 15 is 0 Å². The molecule has 0 atom stereocenters. The number of carbonyl (C=O) groups excluding carboxylic acids is 2. The predicted octanol–water partition coefficient (Wildman–Crippen LogP) is 3.51. The van der Waals surface area contributed by atoms with Gasteiger partial charge >= 0.3 is 6.09 Å². The van der Waals surface area contributed by atoms with Gasteiger partial charge in [-0.2, -0.15) is 0 Å². The summed E-state index contributed by atoms with van der Waals surface area (Å²) in [7, 11) is 0. The first-order valence-corrected chi connectivity index (χ1v) is 8.11. The average molecular weight is 333 g/mol. The minimum Gasteiger partial charge on any atom is -0.450 e. The van der Waals surface area contributed by atoms with Crippen molar-refractivity contribution in [1.82, 2.24) is 4.98 Å². The summed E-state index contributed by atoms with van der Waals surface area (Å²) >= 11 is 1.25. The Morgan fingerprint density at radius 1 is 1.26 bits per heavy atom. The first-order valence-electron chi connectivity index (χ1n) is 7.23. The van der Waals surface area contributed by atoms with Crippen LogP contribution in [-0.4, -0.2) is 23.6 Å². The molecule has 0 aliphatic rings. The highest BCUT2D eigenvalue weighted by Crippen LogP contribution is 2.19. The van der Waals surface area contributed by atoms with Gasteiger partial charge in [-0.05, 0) is 38.0 Å². The van der Waals surface area contributed by atoms with E-state index < -0.39 is 6.09 Å². The highest BCUT2D eigenvalue weighted by Gasteiger charge is 2.11. The second-order valence-electron chi connectivity index (χ2n) is 4.96. The van der Waals surface area contributed by atoms with E-state index in [9.17, 15) is 9.59 Å². The molecule has 0 unspecified atom stereocenters. The molecule has 6 nitrogen and oxygen atoms in total. The van der Waals surface area contributed by atoms with Crippen LogP contribution >= 0.6 is 11.3 Å². The Bertz CT molecular complexity index is 712. The summed E-state index contributed by atoms with van der Waals surface area (Å²) in [5.41, 5.74) is 3.57. The van der Waals surface area contributed by atoms with Crippen LogP contribution in [-0.2, 0) is 16.0 Å². The zero-order valence-electron chi connectivity index (χ0n) is 13.3. The molecule has 2 aromatic rings. The number of carbonyl (C=O) groups is 2. The zero-order chi connectivity index (χ0) is 16.8. The van der Waals surface area contributed by atoms with Gasteiger partial charge < -0.3 is 10.1 Å². The molecule has 1 aromatic carbocycles. The maximum absolute atomic E-state index is 12.1. The fraction of sp³-hybridized carbons (Fsp3) is 0.312. The molecule has 2 rings (SSSR count). The van der Waals surface area contributed by atoms with Crippen molar-refractivity contribution < 1.29 is 14.3 Å². The lowest BCUT2D eigenvalue weighted by Gasteiger charge is -2.09. The Labute approximate surface area is 138 Å². The summed E-state index contributed by atoms with van der Waals surface area (Å²) in [5.74, 6) is -0.147. The fourth-order valence-corrected chi connectivity index (χ4v) is 2.64. The molecular formula is C16H19N3O3S. The third kappa shape index (κ3) is 4.79. The molecule has 0 bridgehead atoms. The van der Waals surface area contributed by atoms with Gasteiger partial charge in [0.1, 0.15) is 0 Å². The van der Waals surface area contributed by atoms with Gasteiger partial charge in [0.05, 0.1) is 18.7 Å².